The van der Waals surface area contributed by atoms with Crippen molar-refractivity contribution in [3.63, 3.8) is 0 Å². The molecule has 1 fully saturated rings. The SMILES string of the molecule is CS(=O)(=O)C1CSCCN1CCC(O)c1ccc(Br)cc1. The minimum absolute atomic E-state index is 0.423. The number of nitrogens with zero attached hydrogens (tertiary/aromatic N) is 1. The van der Waals surface area contributed by atoms with Gasteiger partial charge >= 0.3 is 0 Å². The molecule has 0 aromatic heterocycles. The molecule has 0 amide bonds. The second-order valence-corrected chi connectivity index (χ2v) is 9.52. The van der Waals surface area contributed by atoms with Crippen LogP contribution in [0, 0.1) is 0 Å². The van der Waals surface area contributed by atoms with E-state index in [-0.39, 0.29) is 0 Å². The summed E-state index contributed by atoms with van der Waals surface area (Å²) < 4.78 is 24.6. The van der Waals surface area contributed by atoms with Crippen molar-refractivity contribution in [1.29, 1.82) is 0 Å². The normalized spacial score (nSPS) is 22.1. The van der Waals surface area contributed by atoms with Crippen LogP contribution in [0.5, 0.6) is 0 Å². The Morgan fingerprint density at radius 3 is 2.71 bits per heavy atom. The number of benzene rings is 1. The molecule has 2 unspecified atom stereocenters. The van der Waals surface area contributed by atoms with Gasteiger partial charge in [-0.2, -0.15) is 11.8 Å². The summed E-state index contributed by atoms with van der Waals surface area (Å²) in [5.74, 6) is 1.56. The van der Waals surface area contributed by atoms with Crippen molar-refractivity contribution in [2.45, 2.75) is 17.9 Å². The molecule has 1 aromatic rings. The summed E-state index contributed by atoms with van der Waals surface area (Å²) >= 11 is 5.04. The Bertz CT molecular complexity index is 562. The molecule has 0 aliphatic carbocycles. The number of thioether (sulfide) groups is 1. The van der Waals surface area contributed by atoms with Crippen LogP contribution in [-0.4, -0.2) is 54.6 Å². The number of sulfone groups is 1. The molecule has 1 saturated heterocycles. The van der Waals surface area contributed by atoms with Gasteiger partial charge in [0.1, 0.15) is 5.37 Å². The number of hydrogen-bond acceptors (Lipinski definition) is 5. The first kappa shape index (κ1) is 17.3. The Balaban J connectivity index is 1.96. The molecule has 0 spiro atoms. The predicted molar refractivity (Wildman–Crippen MR) is 91.2 cm³/mol. The number of rotatable bonds is 5. The third kappa shape index (κ3) is 4.96. The summed E-state index contributed by atoms with van der Waals surface area (Å²) in [7, 11) is -3.08. The Morgan fingerprint density at radius 1 is 1.43 bits per heavy atom. The highest BCUT2D eigenvalue weighted by Gasteiger charge is 2.30. The molecule has 7 heteroatoms. The van der Waals surface area contributed by atoms with Crippen molar-refractivity contribution in [1.82, 2.24) is 4.90 Å². The molecule has 1 aromatic carbocycles. The molecule has 4 nitrogen and oxygen atoms in total. The molecule has 2 rings (SSSR count). The smallest absolute Gasteiger partial charge is 0.164 e. The lowest BCUT2D eigenvalue weighted by molar-refractivity contribution is 0.140. The first-order valence-corrected chi connectivity index (χ1v) is 10.7. The van der Waals surface area contributed by atoms with E-state index < -0.39 is 21.3 Å². The van der Waals surface area contributed by atoms with E-state index in [1.165, 1.54) is 6.26 Å². The highest BCUT2D eigenvalue weighted by atomic mass is 79.9. The molecule has 0 saturated carbocycles. The Morgan fingerprint density at radius 2 is 2.10 bits per heavy atom. The van der Waals surface area contributed by atoms with Gasteiger partial charge in [-0.3, -0.25) is 4.90 Å². The van der Waals surface area contributed by atoms with Crippen LogP contribution in [0.25, 0.3) is 0 Å². The van der Waals surface area contributed by atoms with Crippen molar-refractivity contribution in [3.05, 3.63) is 34.3 Å². The quantitative estimate of drug-likeness (QED) is 0.831. The standard InChI is InChI=1S/C14H20BrNO3S2/c1-21(18,19)14-10-20-9-8-16(14)7-6-13(17)11-2-4-12(15)5-3-11/h2-5,13-14,17H,6-10H2,1H3. The highest BCUT2D eigenvalue weighted by molar-refractivity contribution is 9.10. The maximum atomic E-state index is 11.8. The van der Waals surface area contributed by atoms with E-state index in [2.05, 4.69) is 15.9 Å². The van der Waals surface area contributed by atoms with Gasteiger partial charge < -0.3 is 5.11 Å². The largest absolute Gasteiger partial charge is 0.388 e. The lowest BCUT2D eigenvalue weighted by Crippen LogP contribution is -2.47. The average molecular weight is 394 g/mol. The third-order valence-corrected chi connectivity index (χ3v) is 6.84. The fourth-order valence-electron chi connectivity index (χ4n) is 2.41. The minimum atomic E-state index is -3.08. The second kappa shape index (κ2) is 7.46. The van der Waals surface area contributed by atoms with E-state index in [1.807, 2.05) is 29.2 Å². The predicted octanol–water partition coefficient (Wildman–Crippen LogP) is 2.29. The van der Waals surface area contributed by atoms with E-state index >= 15 is 0 Å². The Kier molecular flexibility index (Phi) is 6.14. The van der Waals surface area contributed by atoms with Gasteiger partial charge in [0.05, 0.1) is 6.10 Å². The van der Waals surface area contributed by atoms with E-state index in [0.717, 1.165) is 22.3 Å². The number of aliphatic hydroxyl groups excluding tert-OH is 1. The molecule has 21 heavy (non-hydrogen) atoms. The molecule has 0 radical (unpaired) electrons. The molecular formula is C14H20BrNO3S2. The highest BCUT2D eigenvalue weighted by Crippen LogP contribution is 2.24. The first-order valence-electron chi connectivity index (χ1n) is 6.82. The molecule has 118 valence electrons. The third-order valence-electron chi connectivity index (χ3n) is 3.63. The lowest BCUT2D eigenvalue weighted by atomic mass is 10.1. The second-order valence-electron chi connectivity index (χ2n) is 5.25. The van der Waals surface area contributed by atoms with Gasteiger partial charge in [-0.25, -0.2) is 8.42 Å². The van der Waals surface area contributed by atoms with Crippen LogP contribution in [0.1, 0.15) is 18.1 Å². The van der Waals surface area contributed by atoms with E-state index in [9.17, 15) is 13.5 Å². The summed E-state index contributed by atoms with van der Waals surface area (Å²) in [6, 6.07) is 7.56. The van der Waals surface area contributed by atoms with Crippen LogP contribution in [0.2, 0.25) is 0 Å². The van der Waals surface area contributed by atoms with Crippen LogP contribution < -0.4 is 0 Å². The van der Waals surface area contributed by atoms with Gasteiger partial charge in [-0.05, 0) is 24.1 Å². The molecule has 0 bridgehead atoms. The van der Waals surface area contributed by atoms with Gasteiger partial charge in [0.2, 0.25) is 0 Å². The van der Waals surface area contributed by atoms with Crippen molar-refractivity contribution in [2.75, 3.05) is 30.9 Å². The number of hydrogen-bond donors (Lipinski definition) is 1. The summed E-state index contributed by atoms with van der Waals surface area (Å²) in [6.07, 6.45) is 1.27. The minimum Gasteiger partial charge on any atom is -0.388 e. The van der Waals surface area contributed by atoms with E-state index in [1.54, 1.807) is 11.8 Å². The fourth-order valence-corrected chi connectivity index (χ4v) is 5.64. The van der Waals surface area contributed by atoms with Gasteiger partial charge in [0.15, 0.2) is 9.84 Å². The van der Waals surface area contributed by atoms with Crippen molar-refractivity contribution in [2.24, 2.45) is 0 Å². The van der Waals surface area contributed by atoms with Crippen LogP contribution in [0.4, 0.5) is 0 Å². The van der Waals surface area contributed by atoms with E-state index in [4.69, 9.17) is 0 Å². The Labute approximate surface area is 139 Å². The van der Waals surface area contributed by atoms with E-state index in [0.29, 0.717) is 18.7 Å². The Hall–Kier alpha value is -0.0800. The van der Waals surface area contributed by atoms with Gasteiger partial charge in [-0.15, -0.1) is 0 Å². The van der Waals surface area contributed by atoms with Crippen molar-refractivity contribution < 1.29 is 13.5 Å². The summed E-state index contributed by atoms with van der Waals surface area (Å²) in [6.45, 7) is 1.35. The zero-order valence-corrected chi connectivity index (χ0v) is 15.1. The lowest BCUT2D eigenvalue weighted by Gasteiger charge is -2.34. The average Bonchev–Trinajstić information content (AvgIpc) is 2.45. The number of halogens is 1. The zero-order chi connectivity index (χ0) is 15.5. The van der Waals surface area contributed by atoms with Gasteiger partial charge in [0.25, 0.3) is 0 Å². The molecule has 1 N–H and O–H groups in total. The molecule has 1 heterocycles. The zero-order valence-electron chi connectivity index (χ0n) is 11.9. The summed E-state index contributed by atoms with van der Waals surface area (Å²) in [5, 5.41) is 9.81. The van der Waals surface area contributed by atoms with Gasteiger partial charge in [-0.1, -0.05) is 28.1 Å². The van der Waals surface area contributed by atoms with Crippen LogP contribution >= 0.6 is 27.7 Å². The topological polar surface area (TPSA) is 57.6 Å². The van der Waals surface area contributed by atoms with Crippen LogP contribution in [0.15, 0.2) is 28.7 Å². The maximum absolute atomic E-state index is 11.8. The maximum Gasteiger partial charge on any atom is 0.164 e. The van der Waals surface area contributed by atoms with Crippen molar-refractivity contribution in [3.8, 4) is 0 Å². The van der Waals surface area contributed by atoms with Crippen LogP contribution in [-0.2, 0) is 9.84 Å². The van der Waals surface area contributed by atoms with Crippen molar-refractivity contribution >= 4 is 37.5 Å². The summed E-state index contributed by atoms with van der Waals surface area (Å²) in [4.78, 5) is 1.98. The molecule has 1 aliphatic heterocycles. The van der Waals surface area contributed by atoms with Gasteiger partial charge in [0, 0.05) is 35.3 Å². The first-order chi connectivity index (χ1) is 9.88. The molecule has 2 atom stereocenters. The monoisotopic (exact) mass is 393 g/mol. The molecular weight excluding hydrogens is 374 g/mol. The summed E-state index contributed by atoms with van der Waals surface area (Å²) in [5.41, 5.74) is 0.862. The fraction of sp³-hybridized carbons (Fsp3) is 0.571. The number of aliphatic hydroxyl groups is 1. The molecule has 1 aliphatic rings. The van der Waals surface area contributed by atoms with Crippen LogP contribution in [0.3, 0.4) is 0 Å².